The molecular weight excluding hydrogens is 521 g/mol. The Morgan fingerprint density at radius 3 is 1.88 bits per heavy atom. The van der Waals surface area contributed by atoms with Gasteiger partial charge in [0.15, 0.2) is 7.14 Å². The number of nitrogens with zero attached hydrogens (tertiary/aromatic N) is 1. The zero-order chi connectivity index (χ0) is 27.4. The number of hydrogen-bond donors (Lipinski definition) is 0. The van der Waals surface area contributed by atoms with Gasteiger partial charge in [-0.15, -0.1) is 0 Å². The molecule has 6 aromatic carbocycles. The summed E-state index contributed by atoms with van der Waals surface area (Å²) in [5, 5.41) is 7.63. The lowest BCUT2D eigenvalue weighted by molar-refractivity contribution is 0.592. The van der Waals surface area contributed by atoms with Gasteiger partial charge < -0.3 is 8.98 Å². The quantitative estimate of drug-likeness (QED) is 0.164. The van der Waals surface area contributed by atoms with Gasteiger partial charge in [0.25, 0.3) is 0 Å². The predicted molar refractivity (Wildman–Crippen MR) is 171 cm³/mol. The lowest BCUT2D eigenvalue weighted by Gasteiger charge is -2.21. The van der Waals surface area contributed by atoms with Crippen molar-refractivity contribution in [3.05, 3.63) is 146 Å². The third kappa shape index (κ3) is 3.67. The summed E-state index contributed by atoms with van der Waals surface area (Å²) < 4.78 is 21.7. The summed E-state index contributed by atoms with van der Waals surface area (Å²) in [6.07, 6.45) is 0. The minimum atomic E-state index is -3.16. The van der Waals surface area contributed by atoms with Gasteiger partial charge in [0.2, 0.25) is 0 Å². The number of benzene rings is 6. The summed E-state index contributed by atoms with van der Waals surface area (Å²) in [7, 11) is -3.16. The number of para-hydroxylation sites is 2. The Morgan fingerprint density at radius 1 is 0.512 bits per heavy atom. The van der Waals surface area contributed by atoms with Gasteiger partial charge in [0, 0.05) is 37.6 Å². The average Bonchev–Trinajstić information content (AvgIpc) is 3.44. The van der Waals surface area contributed by atoms with Crippen molar-refractivity contribution in [1.29, 1.82) is 0 Å². The maximum Gasteiger partial charge on any atom is 0.171 e. The number of fused-ring (bicyclic) bond motifs is 7. The Bertz CT molecular complexity index is 2240. The van der Waals surface area contributed by atoms with E-state index in [0.29, 0.717) is 0 Å². The molecule has 3 nitrogen and oxygen atoms in total. The standard InChI is InChI=1S/C37H24NO2P/c39-41(26-13-3-1-4-14-26,27-15-5-2-6-16-27)28-17-11-12-25(24-28)36-35-31(29-18-7-9-20-33(29)38-36)22-23-32-30-19-8-10-21-34(30)40-37(32)35/h1-24H. The van der Waals surface area contributed by atoms with Crippen molar-refractivity contribution in [2.75, 3.05) is 0 Å². The monoisotopic (exact) mass is 545 g/mol. The smallest absolute Gasteiger partial charge is 0.171 e. The van der Waals surface area contributed by atoms with E-state index in [1.807, 2.05) is 109 Å². The first-order valence-corrected chi connectivity index (χ1v) is 15.4. The molecule has 8 rings (SSSR count). The number of hydrogen-bond acceptors (Lipinski definition) is 3. The van der Waals surface area contributed by atoms with Gasteiger partial charge in [-0.1, -0.05) is 121 Å². The lowest BCUT2D eigenvalue weighted by Crippen LogP contribution is -2.25. The highest BCUT2D eigenvalue weighted by atomic mass is 31.2. The van der Waals surface area contributed by atoms with Crippen LogP contribution in [0.1, 0.15) is 0 Å². The molecule has 8 aromatic rings. The molecule has 0 aliphatic carbocycles. The molecule has 0 unspecified atom stereocenters. The minimum Gasteiger partial charge on any atom is -0.455 e. The highest BCUT2D eigenvalue weighted by molar-refractivity contribution is 7.85. The normalized spacial score (nSPS) is 12.0. The van der Waals surface area contributed by atoms with Crippen LogP contribution in [0.2, 0.25) is 0 Å². The zero-order valence-electron chi connectivity index (χ0n) is 22.1. The van der Waals surface area contributed by atoms with E-state index in [1.54, 1.807) is 0 Å². The van der Waals surface area contributed by atoms with Crippen molar-refractivity contribution in [3.63, 3.8) is 0 Å². The van der Waals surface area contributed by atoms with E-state index < -0.39 is 7.14 Å². The molecule has 4 heteroatoms. The third-order valence-corrected chi connectivity index (χ3v) is 11.0. The second kappa shape index (κ2) is 9.30. The van der Waals surface area contributed by atoms with Crippen LogP contribution in [0.15, 0.2) is 150 Å². The van der Waals surface area contributed by atoms with Crippen LogP contribution in [0.3, 0.4) is 0 Å². The second-order valence-corrected chi connectivity index (χ2v) is 13.0. The Morgan fingerprint density at radius 2 is 1.12 bits per heavy atom. The highest BCUT2D eigenvalue weighted by Crippen LogP contribution is 2.44. The fraction of sp³-hybridized carbons (Fsp3) is 0. The Kier molecular flexibility index (Phi) is 5.41. The molecule has 41 heavy (non-hydrogen) atoms. The first-order chi connectivity index (χ1) is 20.2. The van der Waals surface area contributed by atoms with Crippen LogP contribution in [0.5, 0.6) is 0 Å². The molecule has 0 atom stereocenters. The van der Waals surface area contributed by atoms with Crippen molar-refractivity contribution in [3.8, 4) is 11.3 Å². The number of rotatable bonds is 4. The predicted octanol–water partition coefficient (Wildman–Crippen LogP) is 8.59. The van der Waals surface area contributed by atoms with Gasteiger partial charge >= 0.3 is 0 Å². The fourth-order valence-electron chi connectivity index (χ4n) is 6.00. The van der Waals surface area contributed by atoms with Crippen LogP contribution >= 0.6 is 7.14 Å². The summed E-state index contributed by atoms with van der Waals surface area (Å²) >= 11 is 0. The highest BCUT2D eigenvalue weighted by Gasteiger charge is 2.30. The van der Waals surface area contributed by atoms with Crippen molar-refractivity contribution < 1.29 is 8.98 Å². The van der Waals surface area contributed by atoms with Gasteiger partial charge in [0.05, 0.1) is 16.6 Å². The van der Waals surface area contributed by atoms with E-state index in [4.69, 9.17) is 9.40 Å². The van der Waals surface area contributed by atoms with E-state index in [1.165, 1.54) is 0 Å². The van der Waals surface area contributed by atoms with Gasteiger partial charge in [-0.25, -0.2) is 4.98 Å². The van der Waals surface area contributed by atoms with Crippen LogP contribution < -0.4 is 15.9 Å². The molecule has 0 fully saturated rings. The van der Waals surface area contributed by atoms with Gasteiger partial charge in [-0.3, -0.25) is 0 Å². The van der Waals surface area contributed by atoms with Gasteiger partial charge in [-0.2, -0.15) is 0 Å². The molecule has 2 heterocycles. The van der Waals surface area contributed by atoms with Crippen molar-refractivity contribution in [2.45, 2.75) is 0 Å². The van der Waals surface area contributed by atoms with E-state index in [0.717, 1.165) is 70.8 Å². The largest absolute Gasteiger partial charge is 0.455 e. The Labute approximate surface area is 237 Å². The SMILES string of the molecule is O=P(c1ccccc1)(c1ccccc1)c1cccc(-c2nc3ccccc3c3ccc4c5ccccc5oc4c23)c1. The summed E-state index contributed by atoms with van der Waals surface area (Å²) in [4.78, 5) is 5.21. The van der Waals surface area contributed by atoms with Crippen LogP contribution in [0.25, 0.3) is 54.9 Å². The van der Waals surface area contributed by atoms with Crippen LogP contribution in [0.4, 0.5) is 0 Å². The molecule has 0 aliphatic rings. The Balaban J connectivity index is 1.46. The van der Waals surface area contributed by atoms with E-state index in [9.17, 15) is 0 Å². The van der Waals surface area contributed by atoms with Gasteiger partial charge in [-0.05, 0) is 29.7 Å². The number of aromatic nitrogens is 1. The summed E-state index contributed by atoms with van der Waals surface area (Å²) in [6, 6.07) is 48.3. The molecule has 0 radical (unpaired) electrons. The Hall–Kier alpha value is -4.98. The molecule has 0 saturated heterocycles. The molecule has 0 spiro atoms. The molecule has 0 bridgehead atoms. The zero-order valence-corrected chi connectivity index (χ0v) is 23.0. The summed E-state index contributed by atoms with van der Waals surface area (Å²) in [5.41, 5.74) is 4.29. The maximum atomic E-state index is 15.2. The molecule has 0 saturated carbocycles. The molecule has 0 amide bonds. The first kappa shape index (κ1) is 23.9. The topological polar surface area (TPSA) is 43.1 Å². The third-order valence-electron chi connectivity index (χ3n) is 7.93. The van der Waals surface area contributed by atoms with E-state index >= 15 is 4.57 Å². The van der Waals surface area contributed by atoms with Crippen molar-refractivity contribution >= 4 is 66.7 Å². The first-order valence-electron chi connectivity index (χ1n) is 13.7. The molecule has 194 valence electrons. The average molecular weight is 546 g/mol. The maximum absolute atomic E-state index is 15.2. The molecule has 0 aliphatic heterocycles. The van der Waals surface area contributed by atoms with Gasteiger partial charge in [0.1, 0.15) is 11.2 Å². The minimum absolute atomic E-state index is 0.771. The lowest BCUT2D eigenvalue weighted by atomic mass is 9.98. The van der Waals surface area contributed by atoms with Crippen LogP contribution in [-0.2, 0) is 4.57 Å². The summed E-state index contributed by atoms with van der Waals surface area (Å²) in [5.74, 6) is 0. The molecule has 2 aromatic heterocycles. The number of furan rings is 1. The van der Waals surface area contributed by atoms with Crippen molar-refractivity contribution in [1.82, 2.24) is 4.98 Å². The van der Waals surface area contributed by atoms with Crippen LogP contribution in [0, 0.1) is 0 Å². The summed E-state index contributed by atoms with van der Waals surface area (Å²) in [6.45, 7) is 0. The fourth-order valence-corrected chi connectivity index (χ4v) is 8.70. The van der Waals surface area contributed by atoms with Crippen LogP contribution in [-0.4, -0.2) is 4.98 Å². The second-order valence-electron chi connectivity index (χ2n) is 10.3. The molecule has 0 N–H and O–H groups in total. The van der Waals surface area contributed by atoms with E-state index in [2.05, 4.69) is 36.4 Å². The number of pyridine rings is 1. The molecular formula is C37H24NO2P. The van der Waals surface area contributed by atoms with E-state index in [-0.39, 0.29) is 0 Å². The van der Waals surface area contributed by atoms with Crippen molar-refractivity contribution in [2.24, 2.45) is 0 Å².